The van der Waals surface area contributed by atoms with Gasteiger partial charge < -0.3 is 21.3 Å². The molecule has 0 saturated carbocycles. The summed E-state index contributed by atoms with van der Waals surface area (Å²) in [6.07, 6.45) is 3.58. The molecule has 0 saturated heterocycles. The van der Waals surface area contributed by atoms with Gasteiger partial charge in [-0.05, 0) is 56.3 Å². The fourth-order valence-electron chi connectivity index (χ4n) is 2.21. The van der Waals surface area contributed by atoms with Gasteiger partial charge in [-0.25, -0.2) is 0 Å². The zero-order chi connectivity index (χ0) is 19.7. The zero-order valence-electron chi connectivity index (χ0n) is 15.9. The molecule has 0 spiro atoms. The number of rotatable bonds is 10. The molecule has 2 unspecified atom stereocenters. The summed E-state index contributed by atoms with van der Waals surface area (Å²) in [7, 11) is 3.73. The summed E-state index contributed by atoms with van der Waals surface area (Å²) in [4.78, 5) is 3.64. The van der Waals surface area contributed by atoms with Crippen LogP contribution in [0.25, 0.3) is 0 Å². The Hall–Kier alpha value is -1.62. The van der Waals surface area contributed by atoms with E-state index in [2.05, 4.69) is 26.9 Å². The molecule has 0 amide bonds. The number of hydrogen-bond donors (Lipinski definition) is 4. The lowest BCUT2D eigenvalue weighted by molar-refractivity contribution is 0.331. The Morgan fingerprint density at radius 2 is 1.54 bits per heavy atom. The predicted molar refractivity (Wildman–Crippen MR) is 113 cm³/mol. The van der Waals surface area contributed by atoms with E-state index in [9.17, 15) is 0 Å². The molecule has 0 aliphatic heterocycles. The van der Waals surface area contributed by atoms with Gasteiger partial charge in [-0.2, -0.15) is 10.2 Å². The Labute approximate surface area is 166 Å². The lowest BCUT2D eigenvalue weighted by atomic mass is 10.1. The van der Waals surface area contributed by atoms with Gasteiger partial charge in [0.2, 0.25) is 0 Å². The monoisotopic (exact) mass is 398 g/mol. The summed E-state index contributed by atoms with van der Waals surface area (Å²) in [5.74, 6) is 0. The Morgan fingerprint density at radius 1 is 1.04 bits per heavy atom. The molecular formula is C16H30N8S2. The van der Waals surface area contributed by atoms with Gasteiger partial charge in [-0.1, -0.05) is 0 Å². The van der Waals surface area contributed by atoms with Crippen molar-refractivity contribution < 1.29 is 0 Å². The summed E-state index contributed by atoms with van der Waals surface area (Å²) in [6.45, 7) is 5.60. The number of thiocarbonyl (C=S) groups is 2. The van der Waals surface area contributed by atoms with Crippen LogP contribution in [0.1, 0.15) is 25.1 Å². The van der Waals surface area contributed by atoms with Crippen LogP contribution in [0.15, 0.2) is 12.3 Å². The molecule has 1 heterocycles. The van der Waals surface area contributed by atoms with E-state index >= 15 is 0 Å². The van der Waals surface area contributed by atoms with E-state index in [1.165, 1.54) is 0 Å². The first-order chi connectivity index (χ1) is 12.2. The van der Waals surface area contributed by atoms with Crippen molar-refractivity contribution in [1.82, 2.24) is 30.6 Å². The van der Waals surface area contributed by atoms with Gasteiger partial charge in [0.1, 0.15) is 0 Å². The Kier molecular flexibility index (Phi) is 9.63. The molecule has 1 aromatic rings. The Bertz CT molecular complexity index is 550. The molecule has 2 atom stereocenters. The summed E-state index contributed by atoms with van der Waals surface area (Å²) in [5.41, 5.74) is 13.3. The SMILES string of the molecule is CC(NCCc1cnnc(CCNC(C)N(C)C(N)=S)c1)N(C)C(N)=S. The van der Waals surface area contributed by atoms with E-state index in [0.29, 0.717) is 10.2 Å². The van der Waals surface area contributed by atoms with Crippen LogP contribution >= 0.6 is 24.4 Å². The first-order valence-corrected chi connectivity index (χ1v) is 9.35. The molecule has 0 radical (unpaired) electrons. The highest BCUT2D eigenvalue weighted by atomic mass is 32.1. The fourth-order valence-corrected chi connectivity index (χ4v) is 2.52. The molecule has 10 heteroatoms. The van der Waals surface area contributed by atoms with Crippen molar-refractivity contribution in [3.05, 3.63) is 23.5 Å². The second-order valence-electron chi connectivity index (χ2n) is 6.21. The first-order valence-electron chi connectivity index (χ1n) is 8.54. The molecule has 0 aliphatic rings. The van der Waals surface area contributed by atoms with Crippen molar-refractivity contribution in [1.29, 1.82) is 0 Å². The van der Waals surface area contributed by atoms with Crippen LogP contribution in [0.3, 0.4) is 0 Å². The smallest absolute Gasteiger partial charge is 0.167 e. The number of nitrogens with two attached hydrogens (primary N) is 2. The molecule has 8 nitrogen and oxygen atoms in total. The molecule has 0 bridgehead atoms. The van der Waals surface area contributed by atoms with Gasteiger partial charge in [-0.15, -0.1) is 0 Å². The molecule has 0 fully saturated rings. The summed E-state index contributed by atoms with van der Waals surface area (Å²) in [5, 5.41) is 15.8. The van der Waals surface area contributed by atoms with Crippen LogP contribution in [-0.2, 0) is 12.8 Å². The van der Waals surface area contributed by atoms with Crippen molar-refractivity contribution in [2.24, 2.45) is 11.5 Å². The maximum Gasteiger partial charge on any atom is 0.167 e. The van der Waals surface area contributed by atoms with Crippen LogP contribution < -0.4 is 22.1 Å². The largest absolute Gasteiger partial charge is 0.376 e. The number of aromatic nitrogens is 2. The molecular weight excluding hydrogens is 368 g/mol. The third-order valence-electron chi connectivity index (χ3n) is 4.29. The van der Waals surface area contributed by atoms with Crippen molar-refractivity contribution in [3.8, 4) is 0 Å². The van der Waals surface area contributed by atoms with Gasteiger partial charge in [0.15, 0.2) is 10.2 Å². The van der Waals surface area contributed by atoms with Crippen molar-refractivity contribution in [2.75, 3.05) is 27.2 Å². The van der Waals surface area contributed by atoms with E-state index in [-0.39, 0.29) is 12.3 Å². The highest BCUT2D eigenvalue weighted by Gasteiger charge is 2.10. The minimum Gasteiger partial charge on any atom is -0.376 e. The predicted octanol–water partition coefficient (Wildman–Crippen LogP) is -0.216. The number of nitrogens with zero attached hydrogens (tertiary/aromatic N) is 4. The molecule has 26 heavy (non-hydrogen) atoms. The maximum absolute atomic E-state index is 5.62. The fraction of sp³-hybridized carbons (Fsp3) is 0.625. The van der Waals surface area contributed by atoms with Crippen molar-refractivity contribution in [2.45, 2.75) is 39.0 Å². The lowest BCUT2D eigenvalue weighted by Gasteiger charge is -2.26. The normalized spacial score (nSPS) is 13.1. The van der Waals surface area contributed by atoms with E-state index < -0.39 is 0 Å². The topological polar surface area (TPSA) is 108 Å². The van der Waals surface area contributed by atoms with Crippen LogP contribution in [0.5, 0.6) is 0 Å². The molecule has 0 aliphatic carbocycles. The summed E-state index contributed by atoms with van der Waals surface area (Å²) in [6, 6.07) is 2.08. The standard InChI is InChI=1S/C16H30N8S2/c1-11(23(3)15(17)25)19-7-5-13-9-14(22-21-10-13)6-8-20-12(2)24(4)16(18)26/h9-12,19-20H,5-8H2,1-4H3,(H2,17,25)(H2,18,26). The maximum atomic E-state index is 5.62. The third kappa shape index (κ3) is 7.73. The second-order valence-corrected chi connectivity index (χ2v) is 7.05. The van der Waals surface area contributed by atoms with Crippen LogP contribution in [-0.4, -0.2) is 69.7 Å². The van der Waals surface area contributed by atoms with Crippen LogP contribution in [0, 0.1) is 0 Å². The molecule has 6 N–H and O–H groups in total. The highest BCUT2D eigenvalue weighted by molar-refractivity contribution is 7.80. The number of hydrogen-bond acceptors (Lipinski definition) is 6. The molecule has 146 valence electrons. The zero-order valence-corrected chi connectivity index (χ0v) is 17.5. The quantitative estimate of drug-likeness (QED) is 0.312. The highest BCUT2D eigenvalue weighted by Crippen LogP contribution is 2.02. The van der Waals surface area contributed by atoms with Gasteiger partial charge in [-0.3, -0.25) is 10.6 Å². The minimum absolute atomic E-state index is 0.0694. The van der Waals surface area contributed by atoms with Crippen LogP contribution in [0.4, 0.5) is 0 Å². The van der Waals surface area contributed by atoms with Gasteiger partial charge in [0.25, 0.3) is 0 Å². The third-order valence-corrected chi connectivity index (χ3v) is 4.87. The molecule has 0 aromatic carbocycles. The number of nitrogens with one attached hydrogen (secondary N) is 2. The first kappa shape index (κ1) is 22.4. The van der Waals surface area contributed by atoms with Crippen molar-refractivity contribution in [3.63, 3.8) is 0 Å². The Balaban J connectivity index is 2.41. The average molecular weight is 399 g/mol. The summed E-state index contributed by atoms with van der Waals surface area (Å²) >= 11 is 9.93. The molecule has 1 aromatic heterocycles. The Morgan fingerprint density at radius 3 is 2.04 bits per heavy atom. The second kappa shape index (κ2) is 11.2. The van der Waals surface area contributed by atoms with Gasteiger partial charge in [0.05, 0.1) is 24.2 Å². The van der Waals surface area contributed by atoms with E-state index in [1.807, 2.05) is 37.7 Å². The van der Waals surface area contributed by atoms with E-state index in [0.717, 1.165) is 37.2 Å². The lowest BCUT2D eigenvalue weighted by Crippen LogP contribution is -2.47. The summed E-state index contributed by atoms with van der Waals surface area (Å²) < 4.78 is 0. The van der Waals surface area contributed by atoms with E-state index in [1.54, 1.807) is 6.20 Å². The van der Waals surface area contributed by atoms with Crippen LogP contribution in [0.2, 0.25) is 0 Å². The molecule has 1 rings (SSSR count). The van der Waals surface area contributed by atoms with Crippen molar-refractivity contribution >= 4 is 34.7 Å². The van der Waals surface area contributed by atoms with Gasteiger partial charge >= 0.3 is 0 Å². The average Bonchev–Trinajstić information content (AvgIpc) is 2.60. The van der Waals surface area contributed by atoms with Gasteiger partial charge in [0, 0.05) is 33.6 Å². The minimum atomic E-state index is 0.0694. The van der Waals surface area contributed by atoms with E-state index in [4.69, 9.17) is 35.9 Å².